The van der Waals surface area contributed by atoms with Crippen LogP contribution in [0.1, 0.15) is 5.56 Å². The number of benzene rings is 1. The highest BCUT2D eigenvalue weighted by Crippen LogP contribution is 2.16. The smallest absolute Gasteiger partial charge is 0.286 e. The molecule has 0 aliphatic rings. The van der Waals surface area contributed by atoms with E-state index in [9.17, 15) is 14.0 Å². The molecule has 15 heavy (non-hydrogen) atoms. The molecule has 0 unspecified atom stereocenters. The predicted octanol–water partition coefficient (Wildman–Crippen LogP) is 1.64. The Morgan fingerprint density at radius 2 is 2.27 bits per heavy atom. The van der Waals surface area contributed by atoms with E-state index in [1.54, 1.807) is 0 Å². The second-order valence-electron chi connectivity index (χ2n) is 3.05. The first-order valence-electron chi connectivity index (χ1n) is 4.19. The lowest BCUT2D eigenvalue weighted by Gasteiger charge is -2.14. The van der Waals surface area contributed by atoms with E-state index in [1.165, 1.54) is 25.2 Å². The largest absolute Gasteiger partial charge is 0.335 e. The predicted molar refractivity (Wildman–Crippen MR) is 53.9 cm³/mol. The summed E-state index contributed by atoms with van der Waals surface area (Å²) in [7, 11) is 1.41. The number of halogens is 2. The summed E-state index contributed by atoms with van der Waals surface area (Å²) >= 11 is 5.67. The van der Waals surface area contributed by atoms with Gasteiger partial charge in [0.25, 0.3) is 5.91 Å². The Bertz CT molecular complexity index is 395. The van der Waals surface area contributed by atoms with E-state index in [0.717, 1.165) is 4.90 Å². The number of aldehydes is 1. The van der Waals surface area contributed by atoms with Crippen molar-refractivity contribution in [2.45, 2.75) is 6.54 Å². The van der Waals surface area contributed by atoms with Gasteiger partial charge in [0.15, 0.2) is 0 Å². The molecular weight excluding hydrogens is 221 g/mol. The molecule has 80 valence electrons. The highest BCUT2D eigenvalue weighted by atomic mass is 35.5. The Labute approximate surface area is 91.4 Å². The Balaban J connectivity index is 2.84. The molecule has 0 atom stereocenters. The molecular formula is C10H9ClFNO2. The van der Waals surface area contributed by atoms with E-state index < -0.39 is 11.7 Å². The van der Waals surface area contributed by atoms with Crippen LogP contribution < -0.4 is 0 Å². The summed E-state index contributed by atoms with van der Waals surface area (Å²) in [6.45, 7) is 0.0178. The summed E-state index contributed by atoms with van der Waals surface area (Å²) < 4.78 is 13.2. The third-order valence-electron chi connectivity index (χ3n) is 1.89. The molecule has 0 aromatic heterocycles. The fourth-order valence-corrected chi connectivity index (χ4v) is 1.28. The number of amides is 1. The van der Waals surface area contributed by atoms with Gasteiger partial charge in [0, 0.05) is 24.2 Å². The van der Waals surface area contributed by atoms with Crippen molar-refractivity contribution in [2.75, 3.05) is 7.05 Å². The quantitative estimate of drug-likeness (QED) is 0.584. The molecule has 0 radical (unpaired) electrons. The van der Waals surface area contributed by atoms with Gasteiger partial charge in [0.2, 0.25) is 6.29 Å². The molecule has 1 amide bonds. The fraction of sp³-hybridized carbons (Fsp3) is 0.200. The minimum atomic E-state index is -0.700. The molecule has 0 spiro atoms. The maximum Gasteiger partial charge on any atom is 0.286 e. The molecule has 0 fully saturated rings. The molecule has 0 saturated carbocycles. The lowest BCUT2D eigenvalue weighted by Crippen LogP contribution is -2.27. The van der Waals surface area contributed by atoms with Gasteiger partial charge in [-0.15, -0.1) is 0 Å². The zero-order valence-corrected chi connectivity index (χ0v) is 8.79. The van der Waals surface area contributed by atoms with Crippen molar-refractivity contribution in [3.8, 4) is 0 Å². The third kappa shape index (κ3) is 3.02. The van der Waals surface area contributed by atoms with Crippen LogP contribution >= 0.6 is 11.6 Å². The van der Waals surface area contributed by atoms with E-state index in [1.807, 2.05) is 0 Å². The van der Waals surface area contributed by atoms with E-state index >= 15 is 0 Å². The van der Waals surface area contributed by atoms with Crippen molar-refractivity contribution >= 4 is 23.8 Å². The summed E-state index contributed by atoms with van der Waals surface area (Å²) in [5.41, 5.74) is 0.278. The van der Waals surface area contributed by atoms with Gasteiger partial charge in [0.1, 0.15) is 5.82 Å². The zero-order valence-electron chi connectivity index (χ0n) is 8.04. The van der Waals surface area contributed by atoms with E-state index in [-0.39, 0.29) is 18.4 Å². The SMILES string of the molecule is CN(Cc1cc(Cl)ccc1F)C(=O)C=O. The summed E-state index contributed by atoms with van der Waals surface area (Å²) in [4.78, 5) is 22.2. The van der Waals surface area contributed by atoms with E-state index in [4.69, 9.17) is 11.6 Å². The molecule has 5 heteroatoms. The molecule has 0 N–H and O–H groups in total. The minimum Gasteiger partial charge on any atom is -0.335 e. The lowest BCUT2D eigenvalue weighted by molar-refractivity contribution is -0.138. The van der Waals surface area contributed by atoms with Crippen LogP contribution in [0.3, 0.4) is 0 Å². The Kier molecular flexibility index (Phi) is 3.80. The fourth-order valence-electron chi connectivity index (χ4n) is 1.09. The highest BCUT2D eigenvalue weighted by molar-refractivity contribution is 6.30. The maximum absolute atomic E-state index is 13.2. The first-order valence-corrected chi connectivity index (χ1v) is 4.56. The summed E-state index contributed by atoms with van der Waals surface area (Å²) in [6.07, 6.45) is 0.183. The number of hydrogen-bond acceptors (Lipinski definition) is 2. The molecule has 3 nitrogen and oxygen atoms in total. The van der Waals surface area contributed by atoms with Gasteiger partial charge >= 0.3 is 0 Å². The van der Waals surface area contributed by atoms with Gasteiger partial charge in [-0.2, -0.15) is 0 Å². The van der Waals surface area contributed by atoms with Gasteiger partial charge in [-0.25, -0.2) is 4.39 Å². The lowest BCUT2D eigenvalue weighted by atomic mass is 10.2. The van der Waals surface area contributed by atoms with Crippen LogP contribution in [0.25, 0.3) is 0 Å². The standard InChI is InChI=1S/C10H9ClFNO2/c1-13(10(15)6-14)5-7-4-8(11)2-3-9(7)12/h2-4,6H,5H2,1H3. The normalized spacial score (nSPS) is 9.80. The van der Waals surface area contributed by atoms with Crippen molar-refractivity contribution in [2.24, 2.45) is 0 Å². The van der Waals surface area contributed by atoms with Crippen LogP contribution in [0.5, 0.6) is 0 Å². The summed E-state index contributed by atoms with van der Waals surface area (Å²) in [5.74, 6) is -1.15. The molecule has 0 aliphatic heterocycles. The Hall–Kier alpha value is -1.42. The molecule has 0 heterocycles. The molecule has 0 aliphatic carbocycles. The van der Waals surface area contributed by atoms with Crippen LogP contribution in [0.4, 0.5) is 4.39 Å². The van der Waals surface area contributed by atoms with Crippen molar-refractivity contribution < 1.29 is 14.0 Å². The summed E-state index contributed by atoms with van der Waals surface area (Å²) in [6, 6.07) is 4.06. The second-order valence-corrected chi connectivity index (χ2v) is 3.48. The molecule has 0 bridgehead atoms. The number of nitrogens with zero attached hydrogens (tertiary/aromatic N) is 1. The van der Waals surface area contributed by atoms with Gasteiger partial charge in [-0.05, 0) is 18.2 Å². The number of carbonyl (C=O) groups excluding carboxylic acids is 2. The molecule has 1 rings (SSSR count). The number of hydrogen-bond donors (Lipinski definition) is 0. The molecule has 1 aromatic rings. The van der Waals surface area contributed by atoms with Crippen molar-refractivity contribution in [3.05, 3.63) is 34.6 Å². The Morgan fingerprint density at radius 3 is 2.87 bits per heavy atom. The monoisotopic (exact) mass is 229 g/mol. The average Bonchev–Trinajstić information content (AvgIpc) is 2.22. The molecule has 0 saturated heterocycles. The number of likely N-dealkylation sites (N-methyl/N-ethyl adjacent to an activating group) is 1. The number of rotatable bonds is 3. The van der Waals surface area contributed by atoms with Crippen molar-refractivity contribution in [3.63, 3.8) is 0 Å². The number of carbonyl (C=O) groups is 2. The van der Waals surface area contributed by atoms with Crippen LogP contribution in [-0.2, 0) is 16.1 Å². The first-order chi connectivity index (χ1) is 7.04. The Morgan fingerprint density at radius 1 is 1.60 bits per heavy atom. The minimum absolute atomic E-state index is 0.0178. The zero-order chi connectivity index (χ0) is 11.4. The van der Waals surface area contributed by atoms with Crippen molar-refractivity contribution in [1.82, 2.24) is 4.90 Å². The topological polar surface area (TPSA) is 37.4 Å². The van der Waals surface area contributed by atoms with Gasteiger partial charge in [-0.3, -0.25) is 9.59 Å². The van der Waals surface area contributed by atoms with Crippen LogP contribution in [0, 0.1) is 5.82 Å². The maximum atomic E-state index is 13.2. The van der Waals surface area contributed by atoms with Gasteiger partial charge < -0.3 is 4.90 Å². The van der Waals surface area contributed by atoms with Crippen LogP contribution in [0.2, 0.25) is 5.02 Å². The third-order valence-corrected chi connectivity index (χ3v) is 2.13. The van der Waals surface area contributed by atoms with Gasteiger partial charge in [0.05, 0.1) is 0 Å². The first kappa shape index (κ1) is 11.7. The van der Waals surface area contributed by atoms with E-state index in [0.29, 0.717) is 5.02 Å². The van der Waals surface area contributed by atoms with Crippen molar-refractivity contribution in [1.29, 1.82) is 0 Å². The summed E-state index contributed by atoms with van der Waals surface area (Å²) in [5, 5.41) is 0.387. The van der Waals surface area contributed by atoms with Gasteiger partial charge in [-0.1, -0.05) is 11.6 Å². The molecule has 1 aromatic carbocycles. The highest BCUT2D eigenvalue weighted by Gasteiger charge is 2.10. The average molecular weight is 230 g/mol. The second kappa shape index (κ2) is 4.89. The van der Waals surface area contributed by atoms with Crippen LogP contribution in [-0.4, -0.2) is 24.1 Å². The van der Waals surface area contributed by atoms with Crippen LogP contribution in [0.15, 0.2) is 18.2 Å². The van der Waals surface area contributed by atoms with E-state index in [2.05, 4.69) is 0 Å².